The second kappa shape index (κ2) is 7.34. The molecule has 1 saturated carbocycles. The molecule has 122 valence electrons. The second-order valence-electron chi connectivity index (χ2n) is 6.52. The van der Waals surface area contributed by atoms with E-state index < -0.39 is 0 Å². The number of aliphatic hydroxyl groups excluding tert-OH is 1. The van der Waals surface area contributed by atoms with Crippen molar-refractivity contribution < 1.29 is 9.84 Å². The number of benzene rings is 1. The van der Waals surface area contributed by atoms with Gasteiger partial charge in [0.1, 0.15) is 5.75 Å². The van der Waals surface area contributed by atoms with Gasteiger partial charge in [0.05, 0.1) is 12.8 Å². The Bertz CT molecular complexity index is 486. The molecular formula is C18H28N2O2. The Morgan fingerprint density at radius 3 is 2.86 bits per heavy atom. The van der Waals surface area contributed by atoms with Gasteiger partial charge in [0, 0.05) is 31.8 Å². The zero-order valence-corrected chi connectivity index (χ0v) is 13.6. The van der Waals surface area contributed by atoms with E-state index in [9.17, 15) is 5.11 Å². The van der Waals surface area contributed by atoms with Crippen molar-refractivity contribution in [2.24, 2.45) is 0 Å². The maximum atomic E-state index is 9.32. The molecule has 0 radical (unpaired) electrons. The van der Waals surface area contributed by atoms with Crippen LogP contribution < -0.4 is 15.0 Å². The lowest BCUT2D eigenvalue weighted by Gasteiger charge is -2.38. The Morgan fingerprint density at radius 2 is 2.14 bits per heavy atom. The number of hydrogen-bond acceptors (Lipinski definition) is 4. The zero-order valence-electron chi connectivity index (χ0n) is 13.6. The molecule has 0 spiro atoms. The molecule has 1 aromatic carbocycles. The Morgan fingerprint density at radius 1 is 1.27 bits per heavy atom. The van der Waals surface area contributed by atoms with E-state index in [2.05, 4.69) is 28.4 Å². The molecule has 22 heavy (non-hydrogen) atoms. The number of anilines is 1. The summed E-state index contributed by atoms with van der Waals surface area (Å²) < 4.78 is 5.66. The number of rotatable bonds is 7. The summed E-state index contributed by atoms with van der Waals surface area (Å²) in [5.74, 6) is 0.958. The summed E-state index contributed by atoms with van der Waals surface area (Å²) in [6.45, 7) is 2.23. The molecule has 0 bridgehead atoms. The molecule has 1 unspecified atom stereocenters. The first-order chi connectivity index (χ1) is 10.8. The first-order valence-electron chi connectivity index (χ1n) is 8.59. The molecule has 1 saturated heterocycles. The number of piperidine rings is 1. The van der Waals surface area contributed by atoms with Crippen molar-refractivity contribution in [1.82, 2.24) is 5.32 Å². The van der Waals surface area contributed by atoms with Crippen LogP contribution in [-0.4, -0.2) is 37.5 Å². The van der Waals surface area contributed by atoms with Gasteiger partial charge in [-0.1, -0.05) is 6.07 Å². The molecule has 2 aliphatic rings. The van der Waals surface area contributed by atoms with Crippen LogP contribution in [0.15, 0.2) is 18.2 Å². The van der Waals surface area contributed by atoms with Crippen LogP contribution in [0.3, 0.4) is 0 Å². The van der Waals surface area contributed by atoms with Crippen molar-refractivity contribution >= 4 is 5.69 Å². The number of aliphatic hydroxyl groups is 1. The molecule has 0 amide bonds. The van der Waals surface area contributed by atoms with Crippen LogP contribution in [-0.2, 0) is 6.54 Å². The van der Waals surface area contributed by atoms with Gasteiger partial charge in [0.25, 0.3) is 0 Å². The lowest BCUT2D eigenvalue weighted by molar-refractivity contribution is 0.262. The van der Waals surface area contributed by atoms with Crippen LogP contribution in [0.2, 0.25) is 0 Å². The standard InChI is InChI=1S/C18H28N2O2/c1-22-18-12-14(13-19-15-6-7-15)5-8-17(18)20-10-3-2-4-16(20)9-11-21/h5,8,12,15-16,19,21H,2-4,6-7,9-11,13H2,1H3. The molecule has 0 aromatic heterocycles. The number of hydrogen-bond donors (Lipinski definition) is 2. The average molecular weight is 304 g/mol. The van der Waals surface area contributed by atoms with E-state index in [1.807, 2.05) is 0 Å². The van der Waals surface area contributed by atoms with E-state index in [1.54, 1.807) is 7.11 Å². The van der Waals surface area contributed by atoms with Crippen LogP contribution in [0.4, 0.5) is 5.69 Å². The fourth-order valence-electron chi connectivity index (χ4n) is 3.39. The molecule has 1 aromatic rings. The minimum atomic E-state index is 0.257. The Hall–Kier alpha value is -1.26. The van der Waals surface area contributed by atoms with Crippen molar-refractivity contribution in [2.75, 3.05) is 25.2 Å². The van der Waals surface area contributed by atoms with Gasteiger partial charge < -0.3 is 20.1 Å². The molecule has 1 heterocycles. The maximum Gasteiger partial charge on any atom is 0.142 e. The number of ether oxygens (including phenoxy) is 1. The highest BCUT2D eigenvalue weighted by atomic mass is 16.5. The van der Waals surface area contributed by atoms with Gasteiger partial charge in [-0.05, 0) is 56.2 Å². The molecule has 4 nitrogen and oxygen atoms in total. The minimum absolute atomic E-state index is 0.257. The maximum absolute atomic E-state index is 9.32. The third kappa shape index (κ3) is 3.73. The lowest BCUT2D eigenvalue weighted by Crippen LogP contribution is -2.40. The first-order valence-corrected chi connectivity index (χ1v) is 8.59. The summed E-state index contributed by atoms with van der Waals surface area (Å²) in [5.41, 5.74) is 2.46. The van der Waals surface area contributed by atoms with Gasteiger partial charge in [0.15, 0.2) is 0 Å². The fourth-order valence-corrected chi connectivity index (χ4v) is 3.39. The molecule has 1 aliphatic carbocycles. The monoisotopic (exact) mass is 304 g/mol. The Balaban J connectivity index is 1.75. The highest BCUT2D eigenvalue weighted by Crippen LogP contribution is 2.35. The summed E-state index contributed by atoms with van der Waals surface area (Å²) in [4.78, 5) is 2.43. The SMILES string of the molecule is COc1cc(CNC2CC2)ccc1N1CCCCC1CCO. The van der Waals surface area contributed by atoms with Crippen LogP contribution in [0, 0.1) is 0 Å². The normalized spacial score (nSPS) is 21.9. The average Bonchev–Trinajstić information content (AvgIpc) is 3.38. The van der Waals surface area contributed by atoms with Crippen molar-refractivity contribution in [3.05, 3.63) is 23.8 Å². The van der Waals surface area contributed by atoms with Crippen molar-refractivity contribution in [3.8, 4) is 5.75 Å². The highest BCUT2D eigenvalue weighted by molar-refractivity contribution is 5.60. The lowest BCUT2D eigenvalue weighted by atomic mass is 9.98. The van der Waals surface area contributed by atoms with Crippen molar-refractivity contribution in [2.45, 2.75) is 57.2 Å². The molecule has 1 aliphatic heterocycles. The van der Waals surface area contributed by atoms with E-state index in [-0.39, 0.29) is 6.61 Å². The van der Waals surface area contributed by atoms with Crippen molar-refractivity contribution in [1.29, 1.82) is 0 Å². The summed E-state index contributed by atoms with van der Waals surface area (Å²) in [6.07, 6.45) is 7.10. The zero-order chi connectivity index (χ0) is 15.4. The van der Waals surface area contributed by atoms with E-state index >= 15 is 0 Å². The molecule has 2 fully saturated rings. The Labute approximate surface area is 133 Å². The molecule has 3 rings (SSSR count). The van der Waals surface area contributed by atoms with Gasteiger partial charge in [-0.25, -0.2) is 0 Å². The minimum Gasteiger partial charge on any atom is -0.495 e. The number of nitrogens with one attached hydrogen (secondary N) is 1. The third-order valence-electron chi connectivity index (χ3n) is 4.82. The van der Waals surface area contributed by atoms with E-state index in [4.69, 9.17) is 4.74 Å². The Kier molecular flexibility index (Phi) is 5.21. The molecular weight excluding hydrogens is 276 g/mol. The first kappa shape index (κ1) is 15.6. The van der Waals surface area contributed by atoms with Crippen LogP contribution >= 0.6 is 0 Å². The van der Waals surface area contributed by atoms with Crippen LogP contribution in [0.25, 0.3) is 0 Å². The number of nitrogens with zero attached hydrogens (tertiary/aromatic N) is 1. The molecule has 2 N–H and O–H groups in total. The predicted octanol–water partition coefficient (Wildman–Crippen LogP) is 2.69. The number of methoxy groups -OCH3 is 1. The van der Waals surface area contributed by atoms with Gasteiger partial charge in [-0.3, -0.25) is 0 Å². The summed E-state index contributed by atoms with van der Waals surface area (Å²) in [7, 11) is 1.75. The molecule has 1 atom stereocenters. The van der Waals surface area contributed by atoms with Gasteiger partial charge in [0.2, 0.25) is 0 Å². The summed E-state index contributed by atoms with van der Waals surface area (Å²) >= 11 is 0. The summed E-state index contributed by atoms with van der Waals surface area (Å²) in [6, 6.07) is 7.72. The highest BCUT2D eigenvalue weighted by Gasteiger charge is 2.25. The van der Waals surface area contributed by atoms with E-state index in [1.165, 1.54) is 36.9 Å². The predicted molar refractivity (Wildman–Crippen MR) is 89.5 cm³/mol. The van der Waals surface area contributed by atoms with Gasteiger partial charge in [-0.15, -0.1) is 0 Å². The van der Waals surface area contributed by atoms with Gasteiger partial charge >= 0.3 is 0 Å². The topological polar surface area (TPSA) is 44.7 Å². The van der Waals surface area contributed by atoms with E-state index in [0.29, 0.717) is 6.04 Å². The third-order valence-corrected chi connectivity index (χ3v) is 4.82. The fraction of sp³-hybridized carbons (Fsp3) is 0.667. The van der Waals surface area contributed by atoms with Crippen LogP contribution in [0.5, 0.6) is 5.75 Å². The molecule has 4 heteroatoms. The largest absolute Gasteiger partial charge is 0.495 e. The van der Waals surface area contributed by atoms with E-state index in [0.717, 1.165) is 37.7 Å². The van der Waals surface area contributed by atoms with Crippen LogP contribution in [0.1, 0.15) is 44.1 Å². The summed E-state index contributed by atoms with van der Waals surface area (Å²) in [5, 5.41) is 12.9. The smallest absolute Gasteiger partial charge is 0.142 e. The van der Waals surface area contributed by atoms with Gasteiger partial charge in [-0.2, -0.15) is 0 Å². The second-order valence-corrected chi connectivity index (χ2v) is 6.52. The quantitative estimate of drug-likeness (QED) is 0.813. The van der Waals surface area contributed by atoms with Crippen molar-refractivity contribution in [3.63, 3.8) is 0 Å².